The van der Waals surface area contributed by atoms with E-state index in [4.69, 9.17) is 18.9 Å². The van der Waals surface area contributed by atoms with Crippen LogP contribution in [-0.4, -0.2) is 28.4 Å². The average molecular weight is 1350 g/mol. The first-order valence-corrected chi connectivity index (χ1v) is 41.0. The number of hydrogen-bond donors (Lipinski definition) is 0. The zero-order chi connectivity index (χ0) is 68.0. The van der Waals surface area contributed by atoms with Gasteiger partial charge in [-0.1, -0.05) is 182 Å². The lowest BCUT2D eigenvalue weighted by atomic mass is 9.74. The normalized spacial score (nSPS) is 17.7. The monoisotopic (exact) mass is 1350 g/mol. The maximum Gasteiger partial charge on any atom is 0.170 e. The van der Waals surface area contributed by atoms with Gasteiger partial charge in [0.15, 0.2) is 29.4 Å². The maximum atomic E-state index is 5.43. The molecule has 4 nitrogen and oxygen atoms in total. The van der Waals surface area contributed by atoms with E-state index >= 15 is 0 Å². The first kappa shape index (κ1) is 72.9. The van der Waals surface area contributed by atoms with Crippen molar-refractivity contribution in [1.29, 1.82) is 0 Å². The van der Waals surface area contributed by atoms with Gasteiger partial charge in [-0.2, -0.15) is 0 Å². The summed E-state index contributed by atoms with van der Waals surface area (Å²) in [6.07, 6.45) is 43.6. The van der Waals surface area contributed by atoms with Gasteiger partial charge in [-0.05, 0) is 287 Å². The maximum absolute atomic E-state index is 5.43. The molecule has 6 heteroatoms. The van der Waals surface area contributed by atoms with Crippen LogP contribution in [-0.2, 0) is 21.8 Å². The summed E-state index contributed by atoms with van der Waals surface area (Å²) in [5.74, 6) is 8.67. The molecule has 0 amide bonds. The predicted molar refractivity (Wildman–Crippen MR) is 416 cm³/mol. The first-order chi connectivity index (χ1) is 48.1. The van der Waals surface area contributed by atoms with Gasteiger partial charge in [-0.15, -0.1) is 0 Å². The van der Waals surface area contributed by atoms with Crippen LogP contribution >= 0.6 is 0 Å². The molecule has 8 aromatic rings. The number of ether oxygens (including phenoxy) is 4. The number of methoxy groups -OCH3 is 4. The number of benzene rings is 8. The fourth-order valence-corrected chi connectivity index (χ4v) is 21.6. The summed E-state index contributed by atoms with van der Waals surface area (Å²) in [5, 5.41) is 0. The summed E-state index contributed by atoms with van der Waals surface area (Å²) in [5.41, 5.74) is 16.4. The largest absolute Gasteiger partial charge is 0.497 e. The molecule has 0 saturated heterocycles. The molecule has 0 aliphatic heterocycles. The molecule has 0 unspecified atom stereocenters. The van der Waals surface area contributed by atoms with Crippen molar-refractivity contribution in [3.63, 3.8) is 0 Å². The molecular weight excluding hydrogens is 1230 g/mol. The number of hydrogen-bond acceptors (Lipinski definition) is 4. The smallest absolute Gasteiger partial charge is 0.170 e. The van der Waals surface area contributed by atoms with E-state index in [0.29, 0.717) is 0 Å². The Morgan fingerprint density at radius 1 is 0.235 bits per heavy atom. The summed E-state index contributed by atoms with van der Waals surface area (Å²) in [6, 6.07) is 61.5. The zero-order valence-electron chi connectivity index (χ0n) is 61.3. The van der Waals surface area contributed by atoms with Gasteiger partial charge in [-0.25, -0.2) is 0 Å². The van der Waals surface area contributed by atoms with E-state index in [1.165, 1.54) is 233 Å². The van der Waals surface area contributed by atoms with Crippen LogP contribution in [0.4, 0.5) is 0 Å². The van der Waals surface area contributed by atoms with Crippen molar-refractivity contribution in [2.24, 2.45) is 0 Å². The topological polar surface area (TPSA) is 36.9 Å². The third-order valence-corrected chi connectivity index (χ3v) is 27.4. The second-order valence-electron chi connectivity index (χ2n) is 29.6. The molecule has 520 valence electrons. The van der Waals surface area contributed by atoms with Crippen molar-refractivity contribution in [3.05, 3.63) is 225 Å². The van der Waals surface area contributed by atoms with E-state index in [9.17, 15) is 0 Å². The van der Waals surface area contributed by atoms with E-state index in [2.05, 4.69) is 149 Å². The lowest BCUT2D eigenvalue weighted by Gasteiger charge is -2.31. The van der Waals surface area contributed by atoms with Gasteiger partial charge >= 0.3 is 0 Å². The van der Waals surface area contributed by atoms with Gasteiger partial charge in [0.1, 0.15) is 23.0 Å². The first-order valence-electron chi connectivity index (χ1n) is 38.5. The minimum Gasteiger partial charge on any atom is -0.497 e. The Labute approximate surface area is 599 Å². The van der Waals surface area contributed by atoms with Crippen molar-refractivity contribution >= 4 is 21.8 Å². The van der Waals surface area contributed by atoms with Crippen LogP contribution in [0, 0.1) is 27.7 Å². The molecule has 0 bridgehead atoms. The highest BCUT2D eigenvalue weighted by Crippen LogP contribution is 2.47. The van der Waals surface area contributed by atoms with Gasteiger partial charge in [0.2, 0.25) is 0 Å². The highest BCUT2D eigenvalue weighted by atomic mass is 32.2. The van der Waals surface area contributed by atoms with Crippen molar-refractivity contribution in [1.82, 2.24) is 0 Å². The standard InChI is InChI=1S/2C25H38.2C21H21O2S/c2*1-19-24(21-13-7-3-8-14-21)17-23(20-11-5-2-6-12-20)18-25(19)22-15-9-4-10-16-22;1-16-4-10-19(11-5-16)24(20-12-6-17(22-2)7-13-20)21-14-8-18(23-3)9-15-21;1-16-7-4-10-19(13-16)24(20-11-5-8-17(14-20)22-2)21-12-6-9-18(15-21)23-3/h2*17-18,20-22H,2-16H2,1H3;2*4-15H,1-3H3/q;;2*+1. The number of aryl methyl sites for hydroxylation is 2. The van der Waals surface area contributed by atoms with Gasteiger partial charge in [-0.3, -0.25) is 0 Å². The molecule has 6 aliphatic carbocycles. The highest BCUT2D eigenvalue weighted by Gasteiger charge is 2.33. The van der Waals surface area contributed by atoms with E-state index in [1.807, 2.05) is 48.5 Å². The summed E-state index contributed by atoms with van der Waals surface area (Å²) < 4.78 is 21.4. The average Bonchev–Trinajstić information content (AvgIpc) is 0.813. The van der Waals surface area contributed by atoms with Crippen molar-refractivity contribution in [2.75, 3.05) is 28.4 Å². The van der Waals surface area contributed by atoms with Gasteiger partial charge in [0, 0.05) is 12.1 Å². The van der Waals surface area contributed by atoms with E-state index in [0.717, 1.165) is 58.5 Å². The van der Waals surface area contributed by atoms with Gasteiger partial charge < -0.3 is 18.9 Å². The molecule has 98 heavy (non-hydrogen) atoms. The predicted octanol–water partition coefficient (Wildman–Crippen LogP) is 26.5. The summed E-state index contributed by atoms with van der Waals surface area (Å²) in [7, 11) is 6.43. The number of rotatable bonds is 16. The van der Waals surface area contributed by atoms with Crippen LogP contribution in [0.5, 0.6) is 23.0 Å². The molecule has 0 heterocycles. The minimum absolute atomic E-state index is 0.155. The quantitative estimate of drug-likeness (QED) is 0.0904. The molecule has 0 atom stereocenters. The molecule has 0 aromatic heterocycles. The van der Waals surface area contributed by atoms with Crippen LogP contribution in [0.1, 0.15) is 284 Å². The highest BCUT2D eigenvalue weighted by molar-refractivity contribution is 7.97. The van der Waals surface area contributed by atoms with Crippen LogP contribution in [0.25, 0.3) is 0 Å². The Balaban J connectivity index is 0.000000132. The molecule has 14 rings (SSSR count). The molecule has 8 aromatic carbocycles. The Morgan fingerprint density at radius 2 is 0.500 bits per heavy atom. The fourth-order valence-electron chi connectivity index (χ4n) is 17.4. The Kier molecular flexibility index (Phi) is 27.8. The van der Waals surface area contributed by atoms with Gasteiger partial charge in [0.25, 0.3) is 0 Å². The van der Waals surface area contributed by atoms with Crippen molar-refractivity contribution < 1.29 is 18.9 Å². The lowest BCUT2D eigenvalue weighted by molar-refractivity contribution is 0.413. The van der Waals surface area contributed by atoms with E-state index in [1.54, 1.807) is 72.9 Å². The summed E-state index contributed by atoms with van der Waals surface area (Å²) in [6.45, 7) is 9.18. The zero-order valence-corrected chi connectivity index (χ0v) is 62.9. The Morgan fingerprint density at radius 3 is 0.796 bits per heavy atom. The van der Waals surface area contributed by atoms with Crippen LogP contribution in [0.3, 0.4) is 0 Å². The fraction of sp³-hybridized carbons (Fsp3) is 0.478. The third kappa shape index (κ3) is 19.6. The molecule has 0 spiro atoms. The van der Waals surface area contributed by atoms with Crippen molar-refractivity contribution in [2.45, 2.75) is 285 Å². The molecular formula is C92H118O4S2+2. The van der Waals surface area contributed by atoms with Crippen LogP contribution in [0.2, 0.25) is 0 Å². The molecule has 6 aliphatic rings. The third-order valence-electron chi connectivity index (χ3n) is 23.0. The summed E-state index contributed by atoms with van der Waals surface area (Å²) in [4.78, 5) is 7.59. The second-order valence-corrected chi connectivity index (χ2v) is 33.7. The molecule has 6 saturated carbocycles. The Bertz CT molecular complexity index is 3410. The SMILES string of the molecule is COc1ccc([S+](c2ccc(C)cc2)c2ccc(OC)cc2)cc1.COc1cccc([S+](c2cccc(C)c2)c2cccc(OC)c2)c1.Cc1c(C2CCCCC2)cc(C2CCCCC2)cc1C1CCCCC1.Cc1c(C2CCCCC2)cc(C2CCCCC2)cc1C1CCCCC1. The van der Waals surface area contributed by atoms with Crippen LogP contribution < -0.4 is 18.9 Å². The second kappa shape index (κ2) is 37.4. The summed E-state index contributed by atoms with van der Waals surface area (Å²) >= 11 is 0. The molecule has 6 fully saturated rings. The van der Waals surface area contributed by atoms with E-state index in [-0.39, 0.29) is 21.8 Å². The van der Waals surface area contributed by atoms with Crippen molar-refractivity contribution in [3.8, 4) is 23.0 Å². The molecule has 0 N–H and O–H groups in total. The van der Waals surface area contributed by atoms with Crippen LogP contribution in [0.15, 0.2) is 199 Å². The lowest BCUT2D eigenvalue weighted by Crippen LogP contribution is -2.14. The van der Waals surface area contributed by atoms with Gasteiger partial charge in [0.05, 0.1) is 50.2 Å². The molecule has 0 radical (unpaired) electrons. The van der Waals surface area contributed by atoms with E-state index < -0.39 is 0 Å². The Hall–Kier alpha value is -6.34. The minimum atomic E-state index is -0.209.